The maximum absolute atomic E-state index is 12.3. The van der Waals surface area contributed by atoms with Crippen molar-refractivity contribution in [3.05, 3.63) is 27.3 Å². The van der Waals surface area contributed by atoms with E-state index in [0.717, 1.165) is 23.6 Å². The van der Waals surface area contributed by atoms with Crippen LogP contribution in [0.1, 0.15) is 31.2 Å². The molecule has 0 saturated heterocycles. The largest absolute Gasteiger partial charge is 0.326 e. The first-order valence-electron chi connectivity index (χ1n) is 6.70. The number of benzene rings is 1. The Balaban J connectivity index is 1.71. The smallest absolute Gasteiger partial charge is 0.227 e. The number of aryl methyl sites for hydroxylation is 1. The highest BCUT2D eigenvalue weighted by Gasteiger charge is 2.43. The minimum Gasteiger partial charge on any atom is -0.326 e. The average molecular weight is 355 g/mol. The van der Waals surface area contributed by atoms with Crippen LogP contribution in [-0.4, -0.2) is 5.91 Å². The summed E-state index contributed by atoms with van der Waals surface area (Å²) in [5.74, 6) is 1.98. The van der Waals surface area contributed by atoms with E-state index in [0.29, 0.717) is 5.92 Å². The lowest BCUT2D eigenvalue weighted by atomic mass is 9.88. The SMILES string of the molecule is Cc1cc(I)ccc1NC(=O)C1CC2CCC1C2. The lowest BCUT2D eigenvalue weighted by Crippen LogP contribution is -2.27. The van der Waals surface area contributed by atoms with Crippen LogP contribution in [0, 0.1) is 28.2 Å². The van der Waals surface area contributed by atoms with Crippen molar-refractivity contribution in [3.8, 4) is 0 Å². The molecule has 2 bridgehead atoms. The molecule has 1 aromatic rings. The summed E-state index contributed by atoms with van der Waals surface area (Å²) in [4.78, 5) is 12.3. The third-order valence-corrected chi connectivity index (χ3v) is 5.19. The van der Waals surface area contributed by atoms with Crippen LogP contribution >= 0.6 is 22.6 Å². The van der Waals surface area contributed by atoms with Crippen molar-refractivity contribution in [2.45, 2.75) is 32.6 Å². The van der Waals surface area contributed by atoms with Gasteiger partial charge in [-0.15, -0.1) is 0 Å². The second-order valence-corrected chi connectivity index (χ2v) is 6.98. The van der Waals surface area contributed by atoms with Crippen molar-refractivity contribution >= 4 is 34.2 Å². The van der Waals surface area contributed by atoms with Gasteiger partial charge in [0.15, 0.2) is 0 Å². The zero-order valence-electron chi connectivity index (χ0n) is 10.6. The summed E-state index contributed by atoms with van der Waals surface area (Å²) < 4.78 is 1.21. The number of amides is 1. The summed E-state index contributed by atoms with van der Waals surface area (Å²) in [5.41, 5.74) is 2.13. The second-order valence-electron chi connectivity index (χ2n) is 5.73. The summed E-state index contributed by atoms with van der Waals surface area (Å²) in [6.07, 6.45) is 5.00. The van der Waals surface area contributed by atoms with Gasteiger partial charge in [-0.3, -0.25) is 4.79 Å². The highest BCUT2D eigenvalue weighted by atomic mass is 127. The molecule has 3 unspecified atom stereocenters. The van der Waals surface area contributed by atoms with Gasteiger partial charge >= 0.3 is 0 Å². The Labute approximate surface area is 122 Å². The number of hydrogen-bond donors (Lipinski definition) is 1. The van der Waals surface area contributed by atoms with E-state index in [4.69, 9.17) is 0 Å². The highest BCUT2D eigenvalue weighted by Crippen LogP contribution is 2.48. The molecule has 1 aromatic carbocycles. The Morgan fingerprint density at radius 2 is 2.17 bits per heavy atom. The molecule has 1 N–H and O–H groups in total. The molecule has 2 saturated carbocycles. The molecule has 0 aromatic heterocycles. The Bertz CT molecular complexity index is 485. The molecule has 1 amide bonds. The molecular formula is C15H18INO. The maximum Gasteiger partial charge on any atom is 0.227 e. The van der Waals surface area contributed by atoms with Gasteiger partial charge in [0, 0.05) is 15.2 Å². The van der Waals surface area contributed by atoms with Crippen LogP contribution in [0.4, 0.5) is 5.69 Å². The van der Waals surface area contributed by atoms with Crippen LogP contribution in [0.3, 0.4) is 0 Å². The van der Waals surface area contributed by atoms with Crippen LogP contribution in [-0.2, 0) is 4.79 Å². The van der Waals surface area contributed by atoms with E-state index in [-0.39, 0.29) is 11.8 Å². The lowest BCUT2D eigenvalue weighted by molar-refractivity contribution is -0.121. The van der Waals surface area contributed by atoms with Gasteiger partial charge in [0.1, 0.15) is 0 Å². The fraction of sp³-hybridized carbons (Fsp3) is 0.533. The van der Waals surface area contributed by atoms with Crippen molar-refractivity contribution in [3.63, 3.8) is 0 Å². The normalized spacial score (nSPS) is 29.6. The third kappa shape index (κ3) is 2.29. The van der Waals surface area contributed by atoms with Crippen LogP contribution in [0.15, 0.2) is 18.2 Å². The maximum atomic E-state index is 12.3. The predicted molar refractivity (Wildman–Crippen MR) is 81.5 cm³/mol. The van der Waals surface area contributed by atoms with Gasteiger partial charge in [-0.2, -0.15) is 0 Å². The molecule has 2 fully saturated rings. The Morgan fingerprint density at radius 3 is 2.78 bits per heavy atom. The van der Waals surface area contributed by atoms with E-state index in [1.54, 1.807) is 0 Å². The molecule has 0 heterocycles. The average Bonchev–Trinajstić information content (AvgIpc) is 2.94. The summed E-state index contributed by atoms with van der Waals surface area (Å²) >= 11 is 2.30. The molecular weight excluding hydrogens is 337 g/mol. The van der Waals surface area contributed by atoms with Crippen molar-refractivity contribution in [2.75, 3.05) is 5.32 Å². The lowest BCUT2D eigenvalue weighted by Gasteiger charge is -2.21. The summed E-state index contributed by atoms with van der Waals surface area (Å²) in [6.45, 7) is 2.05. The van der Waals surface area contributed by atoms with Crippen LogP contribution in [0.5, 0.6) is 0 Å². The number of halogens is 1. The molecule has 0 aliphatic heterocycles. The molecule has 2 nitrogen and oxygen atoms in total. The topological polar surface area (TPSA) is 29.1 Å². The minimum atomic E-state index is 0.242. The molecule has 3 heteroatoms. The van der Waals surface area contributed by atoms with Crippen molar-refractivity contribution in [1.82, 2.24) is 0 Å². The molecule has 0 radical (unpaired) electrons. The fourth-order valence-corrected chi connectivity index (χ4v) is 4.21. The quantitative estimate of drug-likeness (QED) is 0.799. The molecule has 96 valence electrons. The van der Waals surface area contributed by atoms with E-state index < -0.39 is 0 Å². The van der Waals surface area contributed by atoms with Crippen LogP contribution in [0.25, 0.3) is 0 Å². The van der Waals surface area contributed by atoms with Gasteiger partial charge in [-0.25, -0.2) is 0 Å². The third-order valence-electron chi connectivity index (χ3n) is 4.52. The van der Waals surface area contributed by atoms with Crippen molar-refractivity contribution in [2.24, 2.45) is 17.8 Å². The highest BCUT2D eigenvalue weighted by molar-refractivity contribution is 14.1. The predicted octanol–water partition coefficient (Wildman–Crippen LogP) is 3.97. The summed E-state index contributed by atoms with van der Waals surface area (Å²) in [7, 11) is 0. The molecule has 0 spiro atoms. The van der Waals surface area contributed by atoms with Gasteiger partial charge in [-0.1, -0.05) is 6.42 Å². The van der Waals surface area contributed by atoms with Crippen LogP contribution in [0.2, 0.25) is 0 Å². The molecule has 3 atom stereocenters. The zero-order chi connectivity index (χ0) is 12.7. The summed E-state index contributed by atoms with van der Waals surface area (Å²) in [5, 5.41) is 3.12. The summed E-state index contributed by atoms with van der Waals surface area (Å²) in [6, 6.07) is 6.17. The van der Waals surface area contributed by atoms with E-state index >= 15 is 0 Å². The zero-order valence-corrected chi connectivity index (χ0v) is 12.7. The van der Waals surface area contributed by atoms with Gasteiger partial charge < -0.3 is 5.32 Å². The molecule has 18 heavy (non-hydrogen) atoms. The monoisotopic (exact) mass is 355 g/mol. The number of fused-ring (bicyclic) bond motifs is 2. The molecule has 3 rings (SSSR count). The Kier molecular flexibility index (Phi) is 3.34. The van der Waals surface area contributed by atoms with Gasteiger partial charge in [-0.05, 0) is 84.4 Å². The van der Waals surface area contributed by atoms with E-state index in [9.17, 15) is 4.79 Å². The van der Waals surface area contributed by atoms with Crippen molar-refractivity contribution in [1.29, 1.82) is 0 Å². The van der Waals surface area contributed by atoms with Gasteiger partial charge in [0.05, 0.1) is 0 Å². The number of carbonyl (C=O) groups excluding carboxylic acids is 1. The van der Waals surface area contributed by atoms with Crippen molar-refractivity contribution < 1.29 is 4.79 Å². The Hall–Kier alpha value is -0.580. The fourth-order valence-electron chi connectivity index (χ4n) is 3.56. The first kappa shape index (κ1) is 12.5. The number of rotatable bonds is 2. The standard InChI is InChI=1S/C15H18INO/c1-9-6-12(16)4-5-14(9)17-15(18)13-8-10-2-3-11(13)7-10/h4-6,10-11,13H,2-3,7-8H2,1H3,(H,17,18). The minimum absolute atomic E-state index is 0.242. The van der Waals surface area contributed by atoms with Gasteiger partial charge in [0.25, 0.3) is 0 Å². The first-order chi connectivity index (χ1) is 8.63. The number of nitrogens with one attached hydrogen (secondary N) is 1. The van der Waals surface area contributed by atoms with Gasteiger partial charge in [0.2, 0.25) is 5.91 Å². The Morgan fingerprint density at radius 1 is 1.33 bits per heavy atom. The van der Waals surface area contributed by atoms with E-state index in [2.05, 4.69) is 40.9 Å². The van der Waals surface area contributed by atoms with E-state index in [1.807, 2.05) is 12.1 Å². The number of anilines is 1. The van der Waals surface area contributed by atoms with Crippen LogP contribution < -0.4 is 5.32 Å². The molecule has 2 aliphatic carbocycles. The molecule has 2 aliphatic rings. The first-order valence-corrected chi connectivity index (χ1v) is 7.78. The second kappa shape index (κ2) is 4.83. The number of carbonyl (C=O) groups is 1. The number of hydrogen-bond acceptors (Lipinski definition) is 1. The van der Waals surface area contributed by atoms with E-state index in [1.165, 1.54) is 22.8 Å².